The van der Waals surface area contributed by atoms with E-state index in [1.54, 1.807) is 11.5 Å². The fourth-order valence-corrected chi connectivity index (χ4v) is 4.54. The Balaban J connectivity index is 1.38. The van der Waals surface area contributed by atoms with E-state index in [2.05, 4.69) is 25.6 Å². The molecule has 13 nitrogen and oxygen atoms in total. The van der Waals surface area contributed by atoms with Crippen molar-refractivity contribution in [1.29, 1.82) is 0 Å². The number of benzene rings is 2. The first-order valence-electron chi connectivity index (χ1n) is 12.7. The number of nitrogens with zero attached hydrogens (tertiary/aromatic N) is 5. The summed E-state index contributed by atoms with van der Waals surface area (Å²) in [7, 11) is 1.48. The van der Waals surface area contributed by atoms with E-state index in [4.69, 9.17) is 18.3 Å². The van der Waals surface area contributed by atoms with Crippen LogP contribution in [0.15, 0.2) is 62.2 Å². The number of aryl methyl sites for hydroxylation is 1. The van der Waals surface area contributed by atoms with Gasteiger partial charge in [0.15, 0.2) is 11.5 Å². The molecule has 0 unspecified atom stereocenters. The van der Waals surface area contributed by atoms with Gasteiger partial charge >= 0.3 is 11.8 Å². The Bertz CT molecular complexity index is 1710. The average molecular weight is 561 g/mol. The van der Waals surface area contributed by atoms with Crippen LogP contribution in [0.5, 0.6) is 0 Å². The van der Waals surface area contributed by atoms with Crippen LogP contribution in [0.2, 0.25) is 0 Å². The quantitative estimate of drug-likeness (QED) is 0.240. The van der Waals surface area contributed by atoms with E-state index in [0.29, 0.717) is 11.6 Å². The highest BCUT2D eigenvalue weighted by Gasteiger charge is 2.33. The highest BCUT2D eigenvalue weighted by molar-refractivity contribution is 5.89. The molecule has 5 rings (SSSR count). The molecule has 0 radical (unpaired) electrons. The minimum Gasteiger partial charge on any atom is -0.456 e. The van der Waals surface area contributed by atoms with Crippen molar-refractivity contribution in [2.75, 3.05) is 7.11 Å². The molecule has 0 aliphatic carbocycles. The third-order valence-electron chi connectivity index (χ3n) is 6.38. The summed E-state index contributed by atoms with van der Waals surface area (Å²) in [5.74, 6) is -0.241. The molecule has 3 heterocycles. The summed E-state index contributed by atoms with van der Waals surface area (Å²) in [5.41, 5.74) is 2.04. The van der Waals surface area contributed by atoms with Gasteiger partial charge in [0.2, 0.25) is 5.82 Å². The second-order valence-corrected chi connectivity index (χ2v) is 9.79. The fourth-order valence-electron chi connectivity index (χ4n) is 4.54. The van der Waals surface area contributed by atoms with Crippen LogP contribution in [0.1, 0.15) is 52.9 Å². The van der Waals surface area contributed by atoms with Crippen molar-refractivity contribution in [3.05, 3.63) is 93.4 Å². The molecule has 0 amide bonds. The summed E-state index contributed by atoms with van der Waals surface area (Å²) in [6.45, 7) is 4.63. The molecule has 0 bridgehead atoms. The molecule has 2 aromatic carbocycles. The minimum absolute atomic E-state index is 0.0112. The molecule has 2 N–H and O–H groups in total. The summed E-state index contributed by atoms with van der Waals surface area (Å²) in [5, 5.41) is 25.3. The van der Waals surface area contributed by atoms with Crippen molar-refractivity contribution in [1.82, 2.24) is 30.2 Å². The zero-order valence-electron chi connectivity index (χ0n) is 22.9. The Morgan fingerprint density at radius 3 is 2.41 bits per heavy atom. The Labute approximate surface area is 233 Å². The van der Waals surface area contributed by atoms with E-state index in [0.717, 1.165) is 22.3 Å². The molecule has 5 aromatic rings. The number of methoxy groups -OCH3 is 1. The molecule has 3 aromatic heterocycles. The Morgan fingerprint density at radius 2 is 1.80 bits per heavy atom. The summed E-state index contributed by atoms with van der Waals surface area (Å²) >= 11 is 0. The van der Waals surface area contributed by atoms with Gasteiger partial charge in [0, 0.05) is 12.7 Å². The predicted octanol–water partition coefficient (Wildman–Crippen LogP) is 3.36. The zero-order valence-corrected chi connectivity index (χ0v) is 22.9. The molecule has 0 saturated heterocycles. The maximum atomic E-state index is 13.3. The van der Waals surface area contributed by atoms with Crippen LogP contribution in [0.4, 0.5) is 0 Å². The van der Waals surface area contributed by atoms with Gasteiger partial charge in [-0.25, -0.2) is 14.6 Å². The molecule has 0 spiro atoms. The number of imidazole rings is 1. The number of H-pyrrole nitrogens is 1. The monoisotopic (exact) mass is 560 g/mol. The van der Waals surface area contributed by atoms with Crippen LogP contribution < -0.4 is 5.82 Å². The second kappa shape index (κ2) is 11.3. The SMILES string of the molecule is COCc1nc(C(=O)OCc2ccc(-c3ccccc3-c3nn[nH]n3)cc2)c(C(C)(C)O)n1Cc1oc(=O)oc1C. The number of nitrogens with one attached hydrogen (secondary N) is 1. The number of aliphatic hydroxyl groups is 1. The van der Waals surface area contributed by atoms with Crippen molar-refractivity contribution in [3.63, 3.8) is 0 Å². The Hall–Kier alpha value is -4.88. The molecule has 0 aliphatic heterocycles. The van der Waals surface area contributed by atoms with Gasteiger partial charge in [-0.15, -0.1) is 10.2 Å². The van der Waals surface area contributed by atoms with Crippen molar-refractivity contribution in [2.45, 2.75) is 46.1 Å². The van der Waals surface area contributed by atoms with Gasteiger partial charge < -0.3 is 28.0 Å². The lowest BCUT2D eigenvalue weighted by molar-refractivity contribution is 0.0421. The third-order valence-corrected chi connectivity index (χ3v) is 6.38. The van der Waals surface area contributed by atoms with Crippen molar-refractivity contribution >= 4 is 5.97 Å². The van der Waals surface area contributed by atoms with E-state index >= 15 is 0 Å². The standard InChI is InChI=1S/C28H28N6O7/c1-16-21(41-27(36)40-16)13-34-22(15-38-4)29-23(24(34)28(2,3)37)26(35)39-14-17-9-11-18(12-10-17)19-7-5-6-8-20(19)25-30-32-33-31-25/h5-12,37H,13-15H2,1-4H3,(H,30,31,32,33). The van der Waals surface area contributed by atoms with Gasteiger partial charge in [0.1, 0.15) is 30.4 Å². The molecule has 0 fully saturated rings. The first-order valence-corrected chi connectivity index (χ1v) is 12.7. The van der Waals surface area contributed by atoms with E-state index in [9.17, 15) is 14.7 Å². The number of esters is 1. The van der Waals surface area contributed by atoms with Crippen LogP contribution in [-0.4, -0.2) is 48.4 Å². The van der Waals surface area contributed by atoms with Gasteiger partial charge in [-0.3, -0.25) is 0 Å². The molecular weight excluding hydrogens is 532 g/mol. The van der Waals surface area contributed by atoms with Crippen molar-refractivity contribution < 1.29 is 28.2 Å². The lowest BCUT2D eigenvalue weighted by Crippen LogP contribution is -2.25. The number of tetrazole rings is 1. The lowest BCUT2D eigenvalue weighted by Gasteiger charge is -2.21. The second-order valence-electron chi connectivity index (χ2n) is 9.79. The molecule has 212 valence electrons. The molecular formula is C28H28N6O7. The number of aromatic amines is 1. The van der Waals surface area contributed by atoms with E-state index in [1.807, 2.05) is 48.5 Å². The minimum atomic E-state index is -1.50. The number of ether oxygens (including phenoxy) is 2. The molecule has 0 saturated carbocycles. The van der Waals surface area contributed by atoms with E-state index in [1.165, 1.54) is 21.0 Å². The number of rotatable bonds is 10. The largest absolute Gasteiger partial charge is 0.519 e. The molecule has 41 heavy (non-hydrogen) atoms. The summed E-state index contributed by atoms with van der Waals surface area (Å²) in [6.07, 6.45) is 0. The average Bonchev–Trinajstić information content (AvgIpc) is 3.67. The van der Waals surface area contributed by atoms with Crippen LogP contribution >= 0.6 is 0 Å². The lowest BCUT2D eigenvalue weighted by atomic mass is 9.98. The normalized spacial score (nSPS) is 11.6. The number of carbonyl (C=O) groups is 1. The van der Waals surface area contributed by atoms with Gasteiger partial charge in [-0.1, -0.05) is 48.5 Å². The number of aromatic nitrogens is 6. The molecule has 0 aliphatic rings. The van der Waals surface area contributed by atoms with E-state index in [-0.39, 0.29) is 42.7 Å². The smallest absolute Gasteiger partial charge is 0.456 e. The topological polar surface area (TPSA) is 171 Å². The Kier molecular flexibility index (Phi) is 7.64. The van der Waals surface area contributed by atoms with E-state index < -0.39 is 17.4 Å². The maximum absolute atomic E-state index is 13.3. The van der Waals surface area contributed by atoms with Crippen molar-refractivity contribution in [3.8, 4) is 22.5 Å². The Morgan fingerprint density at radius 1 is 1.07 bits per heavy atom. The highest BCUT2D eigenvalue weighted by Crippen LogP contribution is 2.31. The number of hydrogen-bond donors (Lipinski definition) is 2. The third kappa shape index (κ3) is 5.85. The molecule has 13 heteroatoms. The number of hydrogen-bond acceptors (Lipinski definition) is 11. The maximum Gasteiger partial charge on any atom is 0.519 e. The summed E-state index contributed by atoms with van der Waals surface area (Å²) < 4.78 is 22.6. The summed E-state index contributed by atoms with van der Waals surface area (Å²) in [4.78, 5) is 29.3. The van der Waals surface area contributed by atoms with Crippen LogP contribution in [-0.2, 0) is 34.8 Å². The van der Waals surface area contributed by atoms with Gasteiger partial charge in [0.25, 0.3) is 0 Å². The van der Waals surface area contributed by atoms with Crippen LogP contribution in [0.25, 0.3) is 22.5 Å². The first-order chi connectivity index (χ1) is 19.7. The van der Waals surface area contributed by atoms with Crippen LogP contribution in [0, 0.1) is 6.92 Å². The predicted molar refractivity (Wildman–Crippen MR) is 143 cm³/mol. The van der Waals surface area contributed by atoms with Gasteiger partial charge in [0.05, 0.1) is 12.2 Å². The summed E-state index contributed by atoms with van der Waals surface area (Å²) in [6, 6.07) is 15.2. The van der Waals surface area contributed by atoms with Gasteiger partial charge in [-0.05, 0) is 42.7 Å². The number of carbonyl (C=O) groups excluding carboxylic acids is 1. The molecule has 0 atom stereocenters. The van der Waals surface area contributed by atoms with Crippen molar-refractivity contribution in [2.24, 2.45) is 0 Å². The first kappa shape index (κ1) is 27.7. The van der Waals surface area contributed by atoms with Crippen LogP contribution in [0.3, 0.4) is 0 Å². The zero-order chi connectivity index (χ0) is 29.1. The fraction of sp³-hybridized carbons (Fsp3) is 0.286. The highest BCUT2D eigenvalue weighted by atomic mass is 16.6. The van der Waals surface area contributed by atoms with Gasteiger partial charge in [-0.2, -0.15) is 5.21 Å².